The molecule has 1 atom stereocenters. The Kier molecular flexibility index (Phi) is 5.25. The molecule has 0 spiro atoms. The van der Waals surface area contributed by atoms with Crippen molar-refractivity contribution in [3.63, 3.8) is 0 Å². The van der Waals surface area contributed by atoms with E-state index in [1.54, 1.807) is 4.90 Å². The zero-order chi connectivity index (χ0) is 16.1. The van der Waals surface area contributed by atoms with Crippen molar-refractivity contribution >= 4 is 17.5 Å². The van der Waals surface area contributed by atoms with Crippen LogP contribution in [0.1, 0.15) is 18.4 Å². The average Bonchev–Trinajstić information content (AvgIpc) is 2.60. The largest absolute Gasteiger partial charge is 0.378 e. The molecule has 1 aromatic rings. The van der Waals surface area contributed by atoms with Gasteiger partial charge in [0.25, 0.3) is 0 Å². The molecule has 2 N–H and O–H groups in total. The van der Waals surface area contributed by atoms with E-state index in [0.717, 1.165) is 25.1 Å². The Labute approximate surface area is 136 Å². The van der Waals surface area contributed by atoms with E-state index in [1.165, 1.54) is 5.56 Å². The fourth-order valence-electron chi connectivity index (χ4n) is 3.11. The zero-order valence-corrected chi connectivity index (χ0v) is 13.2. The molecular weight excluding hydrogens is 294 g/mol. The van der Waals surface area contributed by atoms with Gasteiger partial charge >= 0.3 is 0 Å². The number of para-hydroxylation sites is 1. The molecule has 6 nitrogen and oxygen atoms in total. The number of benzene rings is 1. The van der Waals surface area contributed by atoms with E-state index in [1.807, 2.05) is 18.2 Å². The van der Waals surface area contributed by atoms with Crippen molar-refractivity contribution in [1.82, 2.24) is 10.6 Å². The number of morpholine rings is 1. The van der Waals surface area contributed by atoms with Gasteiger partial charge in [-0.1, -0.05) is 18.2 Å². The topological polar surface area (TPSA) is 70.7 Å². The van der Waals surface area contributed by atoms with Crippen LogP contribution in [-0.2, 0) is 20.7 Å². The molecule has 124 valence electrons. The van der Waals surface area contributed by atoms with Crippen LogP contribution in [0.5, 0.6) is 0 Å². The van der Waals surface area contributed by atoms with Gasteiger partial charge < -0.3 is 20.3 Å². The second-order valence-corrected chi connectivity index (χ2v) is 5.98. The van der Waals surface area contributed by atoms with Crippen molar-refractivity contribution < 1.29 is 14.3 Å². The maximum atomic E-state index is 12.4. The Balaban J connectivity index is 1.50. The van der Waals surface area contributed by atoms with Gasteiger partial charge in [0.15, 0.2) is 0 Å². The summed E-state index contributed by atoms with van der Waals surface area (Å²) in [6.07, 6.45) is 2.30. The maximum Gasteiger partial charge on any atom is 0.246 e. The standard InChI is InChI=1S/C17H23N3O3/c21-16(10-14-12-23-9-7-18-14)19-11-17(22)20-8-3-5-13-4-1-2-6-15(13)20/h1-2,4,6,14,18H,3,5,7-12H2,(H,19,21). The van der Waals surface area contributed by atoms with Gasteiger partial charge in [0.1, 0.15) is 0 Å². The van der Waals surface area contributed by atoms with Crippen LogP contribution in [0.25, 0.3) is 0 Å². The number of anilines is 1. The highest BCUT2D eigenvalue weighted by Gasteiger charge is 2.23. The fraction of sp³-hybridized carbons (Fsp3) is 0.529. The average molecular weight is 317 g/mol. The number of hydrogen-bond acceptors (Lipinski definition) is 4. The van der Waals surface area contributed by atoms with E-state index < -0.39 is 0 Å². The number of nitrogens with one attached hydrogen (secondary N) is 2. The summed E-state index contributed by atoms with van der Waals surface area (Å²) in [5.41, 5.74) is 2.17. The van der Waals surface area contributed by atoms with Gasteiger partial charge in [-0.2, -0.15) is 0 Å². The Morgan fingerprint density at radius 3 is 3.04 bits per heavy atom. The molecule has 3 rings (SSSR count). The molecule has 0 aliphatic carbocycles. The minimum absolute atomic E-state index is 0.0366. The number of carbonyl (C=O) groups is 2. The number of nitrogens with zero attached hydrogens (tertiary/aromatic N) is 1. The number of ether oxygens (including phenoxy) is 1. The lowest BCUT2D eigenvalue weighted by atomic mass is 10.0. The lowest BCUT2D eigenvalue weighted by Gasteiger charge is -2.29. The molecule has 0 saturated carbocycles. The second-order valence-electron chi connectivity index (χ2n) is 5.98. The van der Waals surface area contributed by atoms with Gasteiger partial charge in [-0.25, -0.2) is 0 Å². The van der Waals surface area contributed by atoms with Crippen molar-refractivity contribution in [3.05, 3.63) is 29.8 Å². The molecule has 6 heteroatoms. The first kappa shape index (κ1) is 16.0. The Morgan fingerprint density at radius 2 is 2.22 bits per heavy atom. The Hall–Kier alpha value is -1.92. The zero-order valence-electron chi connectivity index (χ0n) is 13.2. The number of rotatable bonds is 4. The van der Waals surface area contributed by atoms with Gasteiger partial charge in [-0.3, -0.25) is 9.59 Å². The lowest BCUT2D eigenvalue weighted by Crippen LogP contribution is -2.46. The number of fused-ring (bicyclic) bond motifs is 1. The van der Waals surface area contributed by atoms with E-state index in [-0.39, 0.29) is 24.4 Å². The highest BCUT2D eigenvalue weighted by atomic mass is 16.5. The number of amides is 2. The third-order valence-corrected chi connectivity index (χ3v) is 4.28. The van der Waals surface area contributed by atoms with E-state index in [4.69, 9.17) is 4.74 Å². The lowest BCUT2D eigenvalue weighted by molar-refractivity contribution is -0.125. The van der Waals surface area contributed by atoms with Crippen molar-refractivity contribution in [1.29, 1.82) is 0 Å². The fourth-order valence-corrected chi connectivity index (χ4v) is 3.11. The first-order valence-corrected chi connectivity index (χ1v) is 8.20. The highest BCUT2D eigenvalue weighted by molar-refractivity contribution is 5.97. The molecule has 2 aliphatic heterocycles. The third-order valence-electron chi connectivity index (χ3n) is 4.28. The van der Waals surface area contributed by atoms with Crippen LogP contribution in [0.3, 0.4) is 0 Å². The molecule has 0 bridgehead atoms. The SMILES string of the molecule is O=C(CC1COCCN1)NCC(=O)N1CCCc2ccccc21. The molecule has 2 heterocycles. The van der Waals surface area contributed by atoms with E-state index in [0.29, 0.717) is 26.2 Å². The number of hydrogen-bond donors (Lipinski definition) is 2. The smallest absolute Gasteiger partial charge is 0.246 e. The Bertz CT molecular complexity index is 570. The minimum atomic E-state index is -0.119. The number of carbonyl (C=O) groups excluding carboxylic acids is 2. The van der Waals surface area contributed by atoms with E-state index in [9.17, 15) is 9.59 Å². The molecule has 0 aromatic heterocycles. The van der Waals surface area contributed by atoms with Gasteiger partial charge in [0.2, 0.25) is 11.8 Å². The monoisotopic (exact) mass is 317 g/mol. The molecule has 2 amide bonds. The summed E-state index contributed by atoms with van der Waals surface area (Å²) in [6, 6.07) is 8.00. The van der Waals surface area contributed by atoms with Gasteiger partial charge in [-0.15, -0.1) is 0 Å². The summed E-state index contributed by atoms with van der Waals surface area (Å²) < 4.78 is 5.33. The third kappa shape index (κ3) is 4.09. The second kappa shape index (κ2) is 7.57. The quantitative estimate of drug-likeness (QED) is 0.846. The first-order valence-electron chi connectivity index (χ1n) is 8.20. The van der Waals surface area contributed by atoms with Crippen LogP contribution in [0, 0.1) is 0 Å². The van der Waals surface area contributed by atoms with Crippen molar-refractivity contribution in [3.8, 4) is 0 Å². The highest BCUT2D eigenvalue weighted by Crippen LogP contribution is 2.26. The van der Waals surface area contributed by atoms with Crippen LogP contribution >= 0.6 is 0 Å². The molecular formula is C17H23N3O3. The maximum absolute atomic E-state index is 12.4. The molecule has 1 fully saturated rings. The molecule has 1 saturated heterocycles. The van der Waals surface area contributed by atoms with Gasteiger partial charge in [-0.05, 0) is 24.5 Å². The van der Waals surface area contributed by atoms with Gasteiger partial charge in [0, 0.05) is 31.2 Å². The number of aryl methyl sites for hydroxylation is 1. The van der Waals surface area contributed by atoms with Crippen molar-refractivity contribution in [2.75, 3.05) is 37.7 Å². The van der Waals surface area contributed by atoms with Gasteiger partial charge in [0.05, 0.1) is 19.8 Å². The van der Waals surface area contributed by atoms with E-state index >= 15 is 0 Å². The normalized spacial score (nSPS) is 20.7. The summed E-state index contributed by atoms with van der Waals surface area (Å²) >= 11 is 0. The molecule has 1 aromatic carbocycles. The van der Waals surface area contributed by atoms with Crippen LogP contribution in [0.2, 0.25) is 0 Å². The van der Waals surface area contributed by atoms with Crippen LogP contribution < -0.4 is 15.5 Å². The summed E-state index contributed by atoms with van der Waals surface area (Å²) in [4.78, 5) is 26.2. The first-order chi connectivity index (χ1) is 11.2. The van der Waals surface area contributed by atoms with Crippen LogP contribution in [0.4, 0.5) is 5.69 Å². The summed E-state index contributed by atoms with van der Waals surface area (Å²) in [6.45, 7) is 2.75. The molecule has 1 unspecified atom stereocenters. The van der Waals surface area contributed by atoms with Crippen LogP contribution in [0.15, 0.2) is 24.3 Å². The van der Waals surface area contributed by atoms with Crippen molar-refractivity contribution in [2.24, 2.45) is 0 Å². The summed E-state index contributed by atoms with van der Waals surface area (Å²) in [5, 5.41) is 5.96. The van der Waals surface area contributed by atoms with E-state index in [2.05, 4.69) is 16.7 Å². The Morgan fingerprint density at radius 1 is 1.35 bits per heavy atom. The molecule has 2 aliphatic rings. The minimum Gasteiger partial charge on any atom is -0.378 e. The molecule has 0 radical (unpaired) electrons. The predicted molar refractivity (Wildman–Crippen MR) is 87.4 cm³/mol. The predicted octanol–water partition coefficient (Wildman–Crippen LogP) is 0.461. The molecule has 23 heavy (non-hydrogen) atoms. The van der Waals surface area contributed by atoms with Crippen molar-refractivity contribution in [2.45, 2.75) is 25.3 Å². The summed E-state index contributed by atoms with van der Waals surface area (Å²) in [7, 11) is 0. The summed E-state index contributed by atoms with van der Waals surface area (Å²) in [5.74, 6) is -0.176. The van der Waals surface area contributed by atoms with Crippen LogP contribution in [-0.4, -0.2) is 50.7 Å².